The molecule has 0 fully saturated rings. The topological polar surface area (TPSA) is 85.9 Å². The maximum Gasteiger partial charge on any atom is 0.311 e. The number of nitro groups is 1. The summed E-state index contributed by atoms with van der Waals surface area (Å²) in [6, 6.07) is 12.9. The molecule has 0 aliphatic carbocycles. The molecule has 3 aromatic rings. The van der Waals surface area contributed by atoms with Crippen molar-refractivity contribution in [2.24, 2.45) is 0 Å². The van der Waals surface area contributed by atoms with Gasteiger partial charge < -0.3 is 5.32 Å². The molecule has 0 spiro atoms. The van der Waals surface area contributed by atoms with Crippen LogP contribution in [0.2, 0.25) is 0 Å². The number of nitrogens with zero attached hydrogens (tertiary/aromatic N) is 4. The molecule has 110 valence electrons. The lowest BCUT2D eigenvalue weighted by molar-refractivity contribution is -0.384. The van der Waals surface area contributed by atoms with Crippen LogP contribution in [0.15, 0.2) is 61.1 Å². The molecule has 0 saturated carbocycles. The first-order valence-electron chi connectivity index (χ1n) is 6.65. The van der Waals surface area contributed by atoms with E-state index in [1.807, 2.05) is 30.3 Å². The predicted molar refractivity (Wildman–Crippen MR) is 81.9 cm³/mol. The summed E-state index contributed by atoms with van der Waals surface area (Å²) in [5.41, 5.74) is 1.71. The minimum absolute atomic E-state index is 0.0710. The van der Waals surface area contributed by atoms with Gasteiger partial charge in [-0.15, -0.1) is 0 Å². The zero-order valence-corrected chi connectivity index (χ0v) is 11.6. The monoisotopic (exact) mass is 295 g/mol. The Morgan fingerprint density at radius 3 is 2.77 bits per heavy atom. The third kappa shape index (κ3) is 3.09. The van der Waals surface area contributed by atoms with Gasteiger partial charge in [0.25, 0.3) is 0 Å². The van der Waals surface area contributed by atoms with Gasteiger partial charge in [0.1, 0.15) is 0 Å². The Bertz CT molecular complexity index is 785. The quantitative estimate of drug-likeness (QED) is 0.577. The largest absolute Gasteiger partial charge is 0.332 e. The van der Waals surface area contributed by atoms with Gasteiger partial charge in [0.05, 0.1) is 23.4 Å². The maximum atomic E-state index is 11.0. The summed E-state index contributed by atoms with van der Waals surface area (Å²) in [6.45, 7) is 0.632. The summed E-state index contributed by atoms with van der Waals surface area (Å²) in [4.78, 5) is 14.5. The van der Waals surface area contributed by atoms with Crippen molar-refractivity contribution in [3.8, 4) is 0 Å². The predicted octanol–water partition coefficient (Wildman–Crippen LogP) is 2.98. The van der Waals surface area contributed by atoms with Crippen LogP contribution in [0.1, 0.15) is 5.56 Å². The van der Waals surface area contributed by atoms with Gasteiger partial charge in [-0.2, -0.15) is 5.10 Å². The van der Waals surface area contributed by atoms with E-state index < -0.39 is 4.92 Å². The Morgan fingerprint density at radius 2 is 2.00 bits per heavy atom. The van der Waals surface area contributed by atoms with Crippen LogP contribution in [0.5, 0.6) is 0 Å². The number of hydrogen-bond donors (Lipinski definition) is 1. The lowest BCUT2D eigenvalue weighted by atomic mass is 10.2. The summed E-state index contributed by atoms with van der Waals surface area (Å²) in [5.74, 6) is 0.201. The molecule has 0 radical (unpaired) electrons. The van der Waals surface area contributed by atoms with E-state index in [2.05, 4.69) is 15.4 Å². The van der Waals surface area contributed by atoms with E-state index in [1.165, 1.54) is 18.3 Å². The molecule has 3 rings (SSSR count). The van der Waals surface area contributed by atoms with Crippen LogP contribution in [0.4, 0.5) is 17.2 Å². The van der Waals surface area contributed by atoms with Gasteiger partial charge in [-0.3, -0.25) is 14.8 Å². The molecule has 2 heterocycles. The zero-order valence-electron chi connectivity index (χ0n) is 11.6. The van der Waals surface area contributed by atoms with E-state index in [4.69, 9.17) is 0 Å². The number of nitrogens with one attached hydrogen (secondary N) is 1. The van der Waals surface area contributed by atoms with Crippen LogP contribution in [-0.2, 0) is 6.54 Å². The average molecular weight is 295 g/mol. The van der Waals surface area contributed by atoms with Crippen molar-refractivity contribution in [2.45, 2.75) is 6.54 Å². The van der Waals surface area contributed by atoms with Crippen LogP contribution < -0.4 is 5.32 Å². The fourth-order valence-electron chi connectivity index (χ4n) is 2.06. The number of anilines is 2. The number of rotatable bonds is 5. The number of pyridine rings is 1. The van der Waals surface area contributed by atoms with Crippen LogP contribution >= 0.6 is 0 Å². The summed E-state index contributed by atoms with van der Waals surface area (Å²) in [7, 11) is 0. The van der Waals surface area contributed by atoms with Crippen molar-refractivity contribution in [2.75, 3.05) is 5.32 Å². The van der Waals surface area contributed by atoms with Gasteiger partial charge in [0.2, 0.25) is 5.82 Å². The van der Waals surface area contributed by atoms with E-state index in [0.717, 1.165) is 5.56 Å². The fourth-order valence-corrected chi connectivity index (χ4v) is 2.06. The summed E-state index contributed by atoms with van der Waals surface area (Å²) in [6.07, 6.45) is 4.90. The molecule has 0 aliphatic heterocycles. The van der Waals surface area contributed by atoms with Crippen molar-refractivity contribution in [1.82, 2.24) is 14.8 Å². The molecular weight excluding hydrogens is 282 g/mol. The molecular formula is C15H13N5O2. The highest BCUT2D eigenvalue weighted by molar-refractivity contribution is 5.64. The first kappa shape index (κ1) is 13.7. The smallest absolute Gasteiger partial charge is 0.311 e. The second kappa shape index (κ2) is 6.04. The molecule has 1 N–H and O–H groups in total. The summed E-state index contributed by atoms with van der Waals surface area (Å²) >= 11 is 0. The van der Waals surface area contributed by atoms with Crippen LogP contribution in [0.25, 0.3) is 0 Å². The minimum atomic E-state index is -0.469. The van der Waals surface area contributed by atoms with Crippen LogP contribution in [0, 0.1) is 10.1 Å². The van der Waals surface area contributed by atoms with E-state index in [9.17, 15) is 10.1 Å². The fraction of sp³-hybridized carbons (Fsp3) is 0.0667. The normalized spacial score (nSPS) is 10.4. The van der Waals surface area contributed by atoms with Crippen molar-refractivity contribution in [3.05, 3.63) is 76.7 Å². The SMILES string of the molecule is O=[N+]([O-])c1cccnc1Nc1cnn(Cc2ccccc2)c1. The highest BCUT2D eigenvalue weighted by Gasteiger charge is 2.14. The Kier molecular flexibility index (Phi) is 3.78. The van der Waals surface area contributed by atoms with Crippen LogP contribution in [-0.4, -0.2) is 19.7 Å². The van der Waals surface area contributed by atoms with Gasteiger partial charge in [-0.25, -0.2) is 4.98 Å². The number of benzene rings is 1. The molecule has 7 heteroatoms. The van der Waals surface area contributed by atoms with Crippen LogP contribution in [0.3, 0.4) is 0 Å². The molecule has 0 atom stereocenters. The van der Waals surface area contributed by atoms with E-state index >= 15 is 0 Å². The molecule has 7 nitrogen and oxygen atoms in total. The second-order valence-electron chi connectivity index (χ2n) is 4.67. The molecule has 0 aliphatic rings. The Labute approximate surface area is 126 Å². The summed E-state index contributed by atoms with van der Waals surface area (Å²) < 4.78 is 1.76. The van der Waals surface area contributed by atoms with Crippen molar-refractivity contribution < 1.29 is 4.92 Å². The first-order valence-corrected chi connectivity index (χ1v) is 6.65. The molecule has 0 bridgehead atoms. The van der Waals surface area contributed by atoms with Gasteiger partial charge >= 0.3 is 5.69 Å². The lowest BCUT2D eigenvalue weighted by Crippen LogP contribution is -2.00. The standard InChI is InChI=1S/C15H13N5O2/c21-20(22)14-7-4-8-16-15(14)18-13-9-17-19(11-13)10-12-5-2-1-3-6-12/h1-9,11H,10H2,(H,16,18). The molecule has 22 heavy (non-hydrogen) atoms. The molecule has 0 saturated heterocycles. The molecule has 0 amide bonds. The first-order chi connectivity index (χ1) is 10.7. The minimum Gasteiger partial charge on any atom is -0.332 e. The maximum absolute atomic E-state index is 11.0. The number of hydrogen-bond acceptors (Lipinski definition) is 5. The third-order valence-electron chi connectivity index (χ3n) is 3.07. The Hall–Kier alpha value is -3.22. The molecule has 0 unspecified atom stereocenters. The van der Waals surface area contributed by atoms with Gasteiger partial charge in [0.15, 0.2) is 0 Å². The third-order valence-corrected chi connectivity index (χ3v) is 3.07. The van der Waals surface area contributed by atoms with E-state index in [1.54, 1.807) is 17.1 Å². The zero-order chi connectivity index (χ0) is 15.4. The van der Waals surface area contributed by atoms with Gasteiger partial charge in [-0.05, 0) is 11.6 Å². The molecule has 2 aromatic heterocycles. The van der Waals surface area contributed by atoms with Crippen molar-refractivity contribution in [1.29, 1.82) is 0 Å². The second-order valence-corrected chi connectivity index (χ2v) is 4.67. The Morgan fingerprint density at radius 1 is 1.18 bits per heavy atom. The average Bonchev–Trinajstić information content (AvgIpc) is 2.96. The summed E-state index contributed by atoms with van der Waals surface area (Å²) in [5, 5.41) is 18.1. The molecule has 1 aromatic carbocycles. The highest BCUT2D eigenvalue weighted by Crippen LogP contribution is 2.24. The Balaban J connectivity index is 1.76. The van der Waals surface area contributed by atoms with E-state index in [-0.39, 0.29) is 11.5 Å². The highest BCUT2D eigenvalue weighted by atomic mass is 16.6. The van der Waals surface area contributed by atoms with Gasteiger partial charge in [-0.1, -0.05) is 30.3 Å². The van der Waals surface area contributed by atoms with Crippen molar-refractivity contribution in [3.63, 3.8) is 0 Å². The van der Waals surface area contributed by atoms with Crippen molar-refractivity contribution >= 4 is 17.2 Å². The van der Waals surface area contributed by atoms with Gasteiger partial charge in [0, 0.05) is 18.5 Å². The number of aromatic nitrogens is 3. The van der Waals surface area contributed by atoms with E-state index in [0.29, 0.717) is 12.2 Å². The lowest BCUT2D eigenvalue weighted by Gasteiger charge is -2.03.